The van der Waals surface area contributed by atoms with Gasteiger partial charge in [0.05, 0.1) is 10.7 Å². The lowest BCUT2D eigenvalue weighted by molar-refractivity contribution is 0.287. The van der Waals surface area contributed by atoms with Gasteiger partial charge in [-0.2, -0.15) is 0 Å². The molecule has 1 aromatic heterocycles. The molecule has 5 rings (SSSR count). The highest BCUT2D eigenvalue weighted by molar-refractivity contribution is 9.10. The monoisotopic (exact) mass is 509 g/mol. The van der Waals surface area contributed by atoms with Crippen LogP contribution in [0.1, 0.15) is 27.8 Å². The molecule has 4 aromatic rings. The van der Waals surface area contributed by atoms with Crippen LogP contribution in [-0.2, 0) is 13.0 Å². The Labute approximate surface area is 199 Å². The van der Waals surface area contributed by atoms with Crippen molar-refractivity contribution in [2.45, 2.75) is 26.8 Å². The van der Waals surface area contributed by atoms with Gasteiger partial charge in [-0.1, -0.05) is 57.9 Å². The van der Waals surface area contributed by atoms with E-state index >= 15 is 0 Å². The predicted molar refractivity (Wildman–Crippen MR) is 132 cm³/mol. The van der Waals surface area contributed by atoms with Crippen LogP contribution in [0, 0.1) is 13.8 Å². The number of anilines is 1. The summed E-state index contributed by atoms with van der Waals surface area (Å²) >= 11 is 9.94. The highest BCUT2D eigenvalue weighted by atomic mass is 79.9. The molecule has 0 aliphatic carbocycles. The molecule has 0 radical (unpaired) electrons. The van der Waals surface area contributed by atoms with Crippen molar-refractivity contribution in [3.63, 3.8) is 0 Å². The number of fused-ring (bicyclic) bond motifs is 2. The molecule has 32 heavy (non-hydrogen) atoms. The Bertz CT molecular complexity index is 1400. The second-order valence-corrected chi connectivity index (χ2v) is 9.41. The Hall–Kier alpha value is -2.76. The van der Waals surface area contributed by atoms with E-state index in [0.717, 1.165) is 43.5 Å². The summed E-state index contributed by atoms with van der Waals surface area (Å²) in [6.45, 7) is 4.97. The third-order valence-electron chi connectivity index (χ3n) is 6.03. The molecule has 6 heteroatoms. The molecule has 2 heterocycles. The third kappa shape index (κ3) is 3.70. The topological polar surface area (TPSA) is 42.7 Å². The van der Waals surface area contributed by atoms with Crippen molar-refractivity contribution in [2.24, 2.45) is 0 Å². The highest BCUT2D eigenvalue weighted by Gasteiger charge is 2.25. The standard InChI is InChI=1S/C26H21BrClNO3/c1-15-20-11-18-13-29(23-9-8-19(27)12-22(23)28)14-31-24(18)16(2)25(20)32-26(30)21(15)10-17-6-4-3-5-7-17/h3-9,11-12H,10,13-14H2,1-2H3. The molecule has 0 fully saturated rings. The minimum absolute atomic E-state index is 0.291. The van der Waals surface area contributed by atoms with Gasteiger partial charge in [-0.15, -0.1) is 0 Å². The zero-order chi connectivity index (χ0) is 22.4. The lowest BCUT2D eigenvalue weighted by atomic mass is 9.96. The number of ether oxygens (including phenoxy) is 1. The summed E-state index contributed by atoms with van der Waals surface area (Å²) < 4.78 is 12.9. The van der Waals surface area contributed by atoms with E-state index in [-0.39, 0.29) is 5.63 Å². The van der Waals surface area contributed by atoms with Crippen molar-refractivity contribution in [3.05, 3.63) is 102 Å². The lowest BCUT2D eigenvalue weighted by Gasteiger charge is -2.32. The average Bonchev–Trinajstić information content (AvgIpc) is 2.78. The van der Waals surface area contributed by atoms with E-state index < -0.39 is 0 Å². The van der Waals surface area contributed by atoms with E-state index in [1.165, 1.54) is 0 Å². The lowest BCUT2D eigenvalue weighted by Crippen LogP contribution is -2.32. The van der Waals surface area contributed by atoms with Crippen LogP contribution in [0.2, 0.25) is 5.02 Å². The molecule has 0 saturated heterocycles. The Morgan fingerprint density at radius 3 is 2.59 bits per heavy atom. The maximum atomic E-state index is 12.8. The number of hydrogen-bond acceptors (Lipinski definition) is 4. The van der Waals surface area contributed by atoms with Gasteiger partial charge in [0.1, 0.15) is 11.3 Å². The fourth-order valence-corrected chi connectivity index (χ4v) is 5.13. The molecule has 1 aliphatic heterocycles. The molecule has 0 saturated carbocycles. The van der Waals surface area contributed by atoms with Crippen molar-refractivity contribution >= 4 is 44.2 Å². The number of rotatable bonds is 3. The second-order valence-electron chi connectivity index (χ2n) is 8.09. The van der Waals surface area contributed by atoms with Crippen molar-refractivity contribution < 1.29 is 9.15 Å². The largest absolute Gasteiger partial charge is 0.472 e. The normalized spacial score (nSPS) is 13.2. The first-order valence-corrected chi connectivity index (χ1v) is 11.5. The second kappa shape index (κ2) is 8.30. The molecule has 162 valence electrons. The zero-order valence-electron chi connectivity index (χ0n) is 17.7. The van der Waals surface area contributed by atoms with Crippen molar-refractivity contribution in [1.82, 2.24) is 0 Å². The van der Waals surface area contributed by atoms with Crippen LogP contribution in [0.3, 0.4) is 0 Å². The van der Waals surface area contributed by atoms with Gasteiger partial charge in [-0.3, -0.25) is 0 Å². The van der Waals surface area contributed by atoms with Gasteiger partial charge >= 0.3 is 5.63 Å². The predicted octanol–water partition coefficient (Wildman–Crippen LogP) is 6.77. The third-order valence-corrected chi connectivity index (χ3v) is 6.83. The first kappa shape index (κ1) is 21.1. The summed E-state index contributed by atoms with van der Waals surface area (Å²) in [5, 5.41) is 1.61. The van der Waals surface area contributed by atoms with Crippen LogP contribution >= 0.6 is 27.5 Å². The molecule has 0 N–H and O–H groups in total. The first-order chi connectivity index (χ1) is 15.4. The van der Waals surface area contributed by atoms with E-state index in [9.17, 15) is 4.79 Å². The van der Waals surface area contributed by atoms with Crippen LogP contribution in [-0.4, -0.2) is 6.73 Å². The van der Waals surface area contributed by atoms with Gasteiger partial charge in [-0.25, -0.2) is 4.79 Å². The molecular formula is C26H21BrClNO3. The molecule has 4 nitrogen and oxygen atoms in total. The molecule has 3 aromatic carbocycles. The SMILES string of the molecule is Cc1c(Cc2ccccc2)c(=O)oc2c(C)c3c(cc12)CN(c1ccc(Br)cc1Cl)CO3. The van der Waals surface area contributed by atoms with Crippen LogP contribution < -0.4 is 15.3 Å². The molecular weight excluding hydrogens is 490 g/mol. The molecule has 1 aliphatic rings. The van der Waals surface area contributed by atoms with E-state index in [1.54, 1.807) is 0 Å². The average molecular weight is 511 g/mol. The van der Waals surface area contributed by atoms with Gasteiger partial charge in [0.25, 0.3) is 0 Å². The quantitative estimate of drug-likeness (QED) is 0.285. The first-order valence-electron chi connectivity index (χ1n) is 10.4. The summed E-state index contributed by atoms with van der Waals surface area (Å²) in [5.74, 6) is 0.778. The summed E-state index contributed by atoms with van der Waals surface area (Å²) in [7, 11) is 0. The Balaban J connectivity index is 1.59. The number of halogens is 2. The van der Waals surface area contributed by atoms with E-state index in [2.05, 4.69) is 26.9 Å². The fraction of sp³-hybridized carbons (Fsp3) is 0.192. The maximum Gasteiger partial charge on any atom is 0.340 e. The summed E-state index contributed by atoms with van der Waals surface area (Å²) in [5.41, 5.74) is 5.83. The van der Waals surface area contributed by atoms with Crippen LogP contribution in [0.15, 0.2) is 68.3 Å². The Morgan fingerprint density at radius 1 is 1.06 bits per heavy atom. The van der Waals surface area contributed by atoms with Gasteiger partial charge in [0.15, 0.2) is 6.73 Å². The minimum atomic E-state index is -0.291. The Morgan fingerprint density at radius 2 is 1.84 bits per heavy atom. The number of nitrogens with zero attached hydrogens (tertiary/aromatic N) is 1. The number of hydrogen-bond donors (Lipinski definition) is 0. The van der Waals surface area contributed by atoms with E-state index in [1.807, 2.05) is 62.4 Å². The van der Waals surface area contributed by atoms with Gasteiger partial charge in [0, 0.05) is 39.5 Å². The number of aryl methyl sites for hydroxylation is 2. The summed E-state index contributed by atoms with van der Waals surface area (Å²) in [6.07, 6.45) is 0.540. The molecule has 0 bridgehead atoms. The van der Waals surface area contributed by atoms with Gasteiger partial charge < -0.3 is 14.1 Å². The maximum absolute atomic E-state index is 12.8. The molecule has 0 atom stereocenters. The fourth-order valence-electron chi connectivity index (χ4n) is 4.34. The van der Waals surface area contributed by atoms with E-state index in [4.69, 9.17) is 20.8 Å². The van der Waals surface area contributed by atoms with Crippen LogP contribution in [0.4, 0.5) is 5.69 Å². The van der Waals surface area contributed by atoms with Crippen molar-refractivity contribution in [2.75, 3.05) is 11.6 Å². The smallest absolute Gasteiger partial charge is 0.340 e. The minimum Gasteiger partial charge on any atom is -0.472 e. The van der Waals surface area contributed by atoms with Crippen molar-refractivity contribution in [3.8, 4) is 5.75 Å². The van der Waals surface area contributed by atoms with Crippen LogP contribution in [0.25, 0.3) is 11.0 Å². The van der Waals surface area contributed by atoms with E-state index in [0.29, 0.717) is 35.9 Å². The highest BCUT2D eigenvalue weighted by Crippen LogP contribution is 2.39. The molecule has 0 amide bonds. The molecule has 0 spiro atoms. The van der Waals surface area contributed by atoms with Crippen molar-refractivity contribution in [1.29, 1.82) is 0 Å². The van der Waals surface area contributed by atoms with Crippen LogP contribution in [0.5, 0.6) is 5.75 Å². The number of benzene rings is 3. The molecule has 0 unspecified atom stereocenters. The van der Waals surface area contributed by atoms with Gasteiger partial charge in [0.2, 0.25) is 0 Å². The summed E-state index contributed by atoms with van der Waals surface area (Å²) in [6, 6.07) is 17.9. The zero-order valence-corrected chi connectivity index (χ0v) is 20.1. The summed E-state index contributed by atoms with van der Waals surface area (Å²) in [4.78, 5) is 14.9. The van der Waals surface area contributed by atoms with Gasteiger partial charge in [-0.05, 0) is 49.2 Å². The Kier molecular flexibility index (Phi) is 5.48.